The fourth-order valence-electron chi connectivity index (χ4n) is 5.94. The number of likely N-dealkylation sites (tertiary alicyclic amines) is 2. The molecule has 2 aromatic carbocycles. The summed E-state index contributed by atoms with van der Waals surface area (Å²) in [4.78, 5) is 43.2. The van der Waals surface area contributed by atoms with Gasteiger partial charge in [0.1, 0.15) is 5.82 Å². The fourth-order valence-corrected chi connectivity index (χ4v) is 5.94. The number of rotatable bonds is 5. The Bertz CT molecular complexity index is 1320. The molecule has 0 aliphatic carbocycles. The predicted molar refractivity (Wildman–Crippen MR) is 143 cm³/mol. The van der Waals surface area contributed by atoms with Crippen LogP contribution in [-0.4, -0.2) is 72.9 Å². The van der Waals surface area contributed by atoms with Gasteiger partial charge in [-0.3, -0.25) is 9.59 Å². The molecule has 2 fully saturated rings. The van der Waals surface area contributed by atoms with Crippen molar-refractivity contribution in [1.82, 2.24) is 14.7 Å². The van der Waals surface area contributed by atoms with Crippen molar-refractivity contribution in [3.8, 4) is 0 Å². The molecule has 14 heteroatoms. The van der Waals surface area contributed by atoms with Gasteiger partial charge >= 0.3 is 18.4 Å². The minimum absolute atomic E-state index is 0.0297. The number of methoxy groups -OCH3 is 1. The van der Waals surface area contributed by atoms with E-state index in [2.05, 4.69) is 0 Å². The smallest absolute Gasteiger partial charge is 0.416 e. The van der Waals surface area contributed by atoms with Crippen LogP contribution in [0.2, 0.25) is 0 Å². The zero-order chi connectivity index (χ0) is 32.4. The van der Waals surface area contributed by atoms with Gasteiger partial charge in [-0.15, -0.1) is 0 Å². The number of carbonyl (C=O) groups is 3. The highest BCUT2D eigenvalue weighted by Crippen LogP contribution is 2.38. The number of piperidine rings is 2. The molecule has 0 bridgehead atoms. The summed E-state index contributed by atoms with van der Waals surface area (Å²) >= 11 is 0. The summed E-state index contributed by atoms with van der Waals surface area (Å²) < 4.78 is 98.7. The van der Waals surface area contributed by atoms with Gasteiger partial charge < -0.3 is 19.4 Å². The Balaban J connectivity index is 1.53. The van der Waals surface area contributed by atoms with Gasteiger partial charge in [-0.25, -0.2) is 9.18 Å². The highest BCUT2D eigenvalue weighted by atomic mass is 19.4. The second-order valence-corrected chi connectivity index (χ2v) is 11.2. The van der Waals surface area contributed by atoms with Gasteiger partial charge in [0.05, 0.1) is 18.2 Å². The summed E-state index contributed by atoms with van der Waals surface area (Å²) in [6, 6.07) is 6.61. The third kappa shape index (κ3) is 7.62. The first kappa shape index (κ1) is 33.1. The molecule has 2 aromatic rings. The van der Waals surface area contributed by atoms with Crippen molar-refractivity contribution in [2.45, 2.75) is 44.1 Å². The minimum atomic E-state index is -5.03. The molecule has 2 atom stereocenters. The lowest BCUT2D eigenvalue weighted by molar-refractivity contribution is -0.144. The lowest BCUT2D eigenvalue weighted by Gasteiger charge is -2.41. The van der Waals surface area contributed by atoms with Gasteiger partial charge in [0.2, 0.25) is 11.8 Å². The van der Waals surface area contributed by atoms with E-state index in [1.807, 2.05) is 0 Å². The molecule has 2 aliphatic heterocycles. The molecule has 2 saturated heterocycles. The highest BCUT2D eigenvalue weighted by molar-refractivity contribution is 5.82. The Hall–Kier alpha value is -3.84. The Morgan fingerprint density at radius 3 is 1.93 bits per heavy atom. The van der Waals surface area contributed by atoms with Crippen LogP contribution < -0.4 is 0 Å². The van der Waals surface area contributed by atoms with Crippen molar-refractivity contribution >= 4 is 17.9 Å². The highest BCUT2D eigenvalue weighted by Gasteiger charge is 2.41. The Kier molecular flexibility index (Phi) is 9.79. The topological polar surface area (TPSA) is 70.2 Å². The number of ether oxygens (including phenoxy) is 1. The number of alkyl halides is 6. The van der Waals surface area contributed by atoms with Crippen LogP contribution in [0.25, 0.3) is 0 Å². The van der Waals surface area contributed by atoms with Crippen molar-refractivity contribution in [1.29, 1.82) is 0 Å². The first-order chi connectivity index (χ1) is 20.6. The van der Waals surface area contributed by atoms with Crippen LogP contribution >= 0.6 is 0 Å². The fraction of sp³-hybridized carbons (Fsp3) is 0.500. The maximum Gasteiger partial charge on any atom is 0.416 e. The summed E-state index contributed by atoms with van der Waals surface area (Å²) in [6.07, 6.45) is -9.51. The van der Waals surface area contributed by atoms with Gasteiger partial charge in [0, 0.05) is 57.5 Å². The molecular weight excluding hydrogens is 599 g/mol. The monoisotopic (exact) mass is 631 g/mol. The summed E-state index contributed by atoms with van der Waals surface area (Å²) in [5, 5.41) is 0. The summed E-state index contributed by atoms with van der Waals surface area (Å²) in [7, 11) is 2.57. The lowest BCUT2D eigenvalue weighted by Crippen LogP contribution is -2.50. The summed E-state index contributed by atoms with van der Waals surface area (Å²) in [5.74, 6) is -2.93. The molecule has 0 saturated carbocycles. The van der Waals surface area contributed by atoms with Gasteiger partial charge in [-0.2, -0.15) is 26.3 Å². The van der Waals surface area contributed by atoms with Crippen LogP contribution in [0.1, 0.15) is 47.4 Å². The minimum Gasteiger partial charge on any atom is -0.453 e. The van der Waals surface area contributed by atoms with Gasteiger partial charge in [0.15, 0.2) is 0 Å². The first-order valence-corrected chi connectivity index (χ1v) is 14.0. The van der Waals surface area contributed by atoms with Crippen molar-refractivity contribution in [3.63, 3.8) is 0 Å². The average molecular weight is 632 g/mol. The number of hydrogen-bond donors (Lipinski definition) is 0. The van der Waals surface area contributed by atoms with E-state index in [0.29, 0.717) is 43.6 Å². The first-order valence-electron chi connectivity index (χ1n) is 14.0. The van der Waals surface area contributed by atoms with E-state index in [4.69, 9.17) is 4.74 Å². The van der Waals surface area contributed by atoms with E-state index in [9.17, 15) is 45.1 Å². The number of carbonyl (C=O) groups excluding carboxylic acids is 3. The zero-order valence-electron chi connectivity index (χ0n) is 24.1. The molecule has 2 heterocycles. The molecule has 0 spiro atoms. The number of hydrogen-bond acceptors (Lipinski definition) is 4. The van der Waals surface area contributed by atoms with Gasteiger partial charge in [0.25, 0.3) is 0 Å². The average Bonchev–Trinajstić information content (AvgIpc) is 2.99. The third-order valence-electron chi connectivity index (χ3n) is 8.26. The molecule has 240 valence electrons. The molecule has 7 nitrogen and oxygen atoms in total. The van der Waals surface area contributed by atoms with E-state index in [-0.39, 0.29) is 43.0 Å². The number of nitrogens with zero attached hydrogens (tertiary/aromatic N) is 3. The molecule has 44 heavy (non-hydrogen) atoms. The standard InChI is InChI=1S/C30H32F7N3O4/c1-38(16-18-13-21(29(32,33)34)15-22(14-18)30(35,36)37)27(42)24-9-12-40(17-25(24)19-3-5-23(31)6-4-19)26(41)20-7-10-39(11-8-20)28(43)44-2/h3-6,13-15,20,24-25H,7-12,16-17H2,1-2H3/t24-,25-/m0/s1. The number of amides is 3. The van der Waals surface area contributed by atoms with Crippen LogP contribution in [0.4, 0.5) is 35.5 Å². The van der Waals surface area contributed by atoms with E-state index in [0.717, 1.165) is 4.90 Å². The molecule has 0 N–H and O–H groups in total. The van der Waals surface area contributed by atoms with Crippen LogP contribution in [0, 0.1) is 17.7 Å². The SMILES string of the molecule is COC(=O)N1CCC(C(=O)N2CC[C@H](C(=O)N(C)Cc3cc(C(F)(F)F)cc(C(F)(F)F)c3)[C@H](c3ccc(F)cc3)C2)CC1. The van der Waals surface area contributed by atoms with Crippen molar-refractivity contribution in [2.24, 2.45) is 11.8 Å². The molecule has 0 radical (unpaired) electrons. The maximum atomic E-state index is 13.7. The molecular formula is C30H32F7N3O4. The Morgan fingerprint density at radius 1 is 0.864 bits per heavy atom. The molecule has 0 aromatic heterocycles. The zero-order valence-corrected chi connectivity index (χ0v) is 24.1. The number of benzene rings is 2. The Morgan fingerprint density at radius 2 is 1.41 bits per heavy atom. The predicted octanol–water partition coefficient (Wildman–Crippen LogP) is 5.93. The normalized spacial score (nSPS) is 19.9. The third-order valence-corrected chi connectivity index (χ3v) is 8.26. The van der Waals surface area contributed by atoms with E-state index in [1.165, 1.54) is 43.3 Å². The largest absolute Gasteiger partial charge is 0.453 e. The van der Waals surface area contributed by atoms with Crippen LogP contribution in [0.5, 0.6) is 0 Å². The molecule has 2 aliphatic rings. The van der Waals surface area contributed by atoms with Gasteiger partial charge in [-0.05, 0) is 60.7 Å². The molecule has 0 unspecified atom stereocenters. The molecule has 3 amide bonds. The quantitative estimate of drug-likeness (QED) is 0.384. The Labute approximate surface area is 249 Å². The van der Waals surface area contributed by atoms with E-state index in [1.54, 1.807) is 4.90 Å². The van der Waals surface area contributed by atoms with E-state index >= 15 is 0 Å². The van der Waals surface area contributed by atoms with Crippen molar-refractivity contribution in [3.05, 3.63) is 70.5 Å². The van der Waals surface area contributed by atoms with Crippen LogP contribution in [-0.2, 0) is 33.2 Å². The van der Waals surface area contributed by atoms with E-state index < -0.39 is 59.7 Å². The maximum absolute atomic E-state index is 13.7. The summed E-state index contributed by atoms with van der Waals surface area (Å²) in [6.45, 7) is 0.471. The van der Waals surface area contributed by atoms with Crippen molar-refractivity contribution in [2.75, 3.05) is 40.3 Å². The second-order valence-electron chi connectivity index (χ2n) is 11.2. The van der Waals surface area contributed by atoms with Crippen molar-refractivity contribution < 1.29 is 49.9 Å². The molecule has 4 rings (SSSR count). The van der Waals surface area contributed by atoms with Crippen LogP contribution in [0.3, 0.4) is 0 Å². The summed E-state index contributed by atoms with van der Waals surface area (Å²) in [5.41, 5.74) is -2.73. The number of halogens is 7. The lowest BCUT2D eigenvalue weighted by atomic mass is 9.79. The second kappa shape index (κ2) is 13.0. The van der Waals surface area contributed by atoms with Gasteiger partial charge in [-0.1, -0.05) is 12.1 Å². The van der Waals surface area contributed by atoms with Crippen LogP contribution in [0.15, 0.2) is 42.5 Å².